The molecule has 0 fully saturated rings. The summed E-state index contributed by atoms with van der Waals surface area (Å²) >= 11 is 1.12. The van der Waals surface area contributed by atoms with Gasteiger partial charge in [-0.1, -0.05) is 6.08 Å². The first-order valence-electron chi connectivity index (χ1n) is 13.0. The molecule has 2 aromatic heterocycles. The Labute approximate surface area is 252 Å². The summed E-state index contributed by atoms with van der Waals surface area (Å²) in [7, 11) is 1.13. The van der Waals surface area contributed by atoms with Gasteiger partial charge in [0.05, 0.1) is 23.9 Å². The summed E-state index contributed by atoms with van der Waals surface area (Å²) in [6, 6.07) is 7.15. The zero-order chi connectivity index (χ0) is 31.8. The van der Waals surface area contributed by atoms with Gasteiger partial charge in [0.2, 0.25) is 11.8 Å². The molecular formula is C29H26F3N5O6S. The highest BCUT2D eigenvalue weighted by Crippen LogP contribution is 2.33. The maximum Gasteiger partial charge on any atom is 0.407 e. The number of carbonyl (C=O) groups is 3. The van der Waals surface area contributed by atoms with Crippen LogP contribution in [0.25, 0.3) is 10.2 Å². The van der Waals surface area contributed by atoms with Crippen LogP contribution >= 0.6 is 11.3 Å². The Morgan fingerprint density at radius 2 is 1.93 bits per heavy atom. The van der Waals surface area contributed by atoms with E-state index in [0.717, 1.165) is 42.7 Å². The number of halogens is 3. The van der Waals surface area contributed by atoms with Gasteiger partial charge in [0.25, 0.3) is 5.56 Å². The molecule has 0 saturated carbocycles. The molecule has 0 aliphatic rings. The third-order valence-corrected chi connectivity index (χ3v) is 7.22. The van der Waals surface area contributed by atoms with Crippen LogP contribution in [0, 0.1) is 17.5 Å². The van der Waals surface area contributed by atoms with Gasteiger partial charge < -0.3 is 30.4 Å². The van der Waals surface area contributed by atoms with Crippen molar-refractivity contribution >= 4 is 45.1 Å². The fourth-order valence-corrected chi connectivity index (χ4v) is 5.05. The van der Waals surface area contributed by atoms with E-state index in [2.05, 4.69) is 20.4 Å². The molecule has 230 valence electrons. The van der Waals surface area contributed by atoms with E-state index < -0.39 is 47.0 Å². The van der Waals surface area contributed by atoms with E-state index in [1.807, 2.05) is 0 Å². The Morgan fingerprint density at radius 3 is 2.66 bits per heavy atom. The number of anilines is 1. The molecule has 44 heavy (non-hydrogen) atoms. The Morgan fingerprint density at radius 1 is 1.14 bits per heavy atom. The monoisotopic (exact) mass is 629 g/mol. The normalized spacial score (nSPS) is 11.8. The van der Waals surface area contributed by atoms with Crippen LogP contribution in [0.4, 0.5) is 23.7 Å². The van der Waals surface area contributed by atoms with Gasteiger partial charge >= 0.3 is 6.09 Å². The highest BCUT2D eigenvalue weighted by Gasteiger charge is 2.22. The van der Waals surface area contributed by atoms with E-state index in [1.165, 1.54) is 41.1 Å². The minimum atomic E-state index is -1.10. The number of nitrogens with zero attached hydrogens (tertiary/aromatic N) is 2. The number of fused-ring (bicyclic) bond motifs is 1. The van der Waals surface area contributed by atoms with Gasteiger partial charge in [-0.25, -0.2) is 22.9 Å². The largest absolute Gasteiger partial charge is 0.487 e. The molecule has 0 radical (unpaired) electrons. The fourth-order valence-electron chi connectivity index (χ4n) is 4.04. The Kier molecular flexibility index (Phi) is 10.3. The fraction of sp³-hybridized carbons (Fsp3) is 0.207. The van der Waals surface area contributed by atoms with Gasteiger partial charge in [0.1, 0.15) is 46.5 Å². The number of nitrogens with two attached hydrogens (primary N) is 1. The van der Waals surface area contributed by atoms with E-state index in [-0.39, 0.29) is 48.5 Å². The standard InChI is InChI=1S/C29H26F3N5O6S/c1-42-29(41)36-20(5-2-3-7-24(33)38)27(39)35-21-6-4-10-37(28(21)40)14-25-34-22-12-18(31)13-23(26(22)44-25)43-15-16-8-9-17(30)11-19(16)32/h3-4,6-13,20H,2,5,14-15H2,1H3,(H2,33,38)(H,35,39)(H,36,41)/b7-3+. The van der Waals surface area contributed by atoms with E-state index in [1.54, 1.807) is 0 Å². The number of nitrogens with one attached hydrogen (secondary N) is 2. The lowest BCUT2D eigenvalue weighted by Gasteiger charge is -2.17. The molecule has 15 heteroatoms. The van der Waals surface area contributed by atoms with Crippen LogP contribution < -0.4 is 26.7 Å². The molecule has 11 nitrogen and oxygen atoms in total. The number of hydrogen-bond acceptors (Lipinski definition) is 8. The maximum absolute atomic E-state index is 14.3. The molecule has 0 aliphatic carbocycles. The summed E-state index contributed by atoms with van der Waals surface area (Å²) in [4.78, 5) is 53.2. The Balaban J connectivity index is 1.51. The number of carbonyl (C=O) groups excluding carboxylic acids is 3. The summed E-state index contributed by atoms with van der Waals surface area (Å²) in [6.45, 7) is -0.330. The quantitative estimate of drug-likeness (QED) is 0.200. The highest BCUT2D eigenvalue weighted by molar-refractivity contribution is 7.19. The van der Waals surface area contributed by atoms with Gasteiger partial charge in [0, 0.05) is 30.0 Å². The van der Waals surface area contributed by atoms with Crippen LogP contribution in [0.3, 0.4) is 0 Å². The lowest BCUT2D eigenvalue weighted by atomic mass is 10.1. The smallest absolute Gasteiger partial charge is 0.407 e. The summed E-state index contributed by atoms with van der Waals surface area (Å²) in [6.07, 6.45) is 3.46. The number of pyridine rings is 1. The van der Waals surface area contributed by atoms with Gasteiger partial charge in [-0.2, -0.15) is 0 Å². The van der Waals surface area contributed by atoms with Crippen LogP contribution in [0.15, 0.2) is 65.6 Å². The number of rotatable bonds is 12. The number of aromatic nitrogens is 2. The molecular weight excluding hydrogens is 603 g/mol. The van der Waals surface area contributed by atoms with E-state index >= 15 is 0 Å². The number of allylic oxidation sites excluding steroid dienone is 1. The van der Waals surface area contributed by atoms with Crippen molar-refractivity contribution in [2.24, 2.45) is 5.73 Å². The molecule has 2 heterocycles. The topological polar surface area (TPSA) is 155 Å². The predicted molar refractivity (Wildman–Crippen MR) is 156 cm³/mol. The number of benzene rings is 2. The summed E-state index contributed by atoms with van der Waals surface area (Å²) in [5, 5.41) is 5.28. The minimum Gasteiger partial charge on any atom is -0.487 e. The first kappa shape index (κ1) is 31.7. The van der Waals surface area contributed by atoms with Crippen molar-refractivity contribution in [3.8, 4) is 5.75 Å². The Hall–Kier alpha value is -5.18. The lowest BCUT2D eigenvalue weighted by Crippen LogP contribution is -2.44. The molecule has 2 aromatic carbocycles. The van der Waals surface area contributed by atoms with E-state index in [4.69, 9.17) is 10.5 Å². The lowest BCUT2D eigenvalue weighted by molar-refractivity contribution is -0.118. The molecule has 0 spiro atoms. The molecule has 4 aromatic rings. The first-order chi connectivity index (χ1) is 21.0. The average molecular weight is 630 g/mol. The zero-order valence-electron chi connectivity index (χ0n) is 23.1. The van der Waals surface area contributed by atoms with Crippen LogP contribution in [0.1, 0.15) is 23.4 Å². The second kappa shape index (κ2) is 14.3. The van der Waals surface area contributed by atoms with Crippen molar-refractivity contribution in [3.05, 3.63) is 99.2 Å². The zero-order valence-corrected chi connectivity index (χ0v) is 24.0. The number of amides is 3. The van der Waals surface area contributed by atoms with Gasteiger partial charge in [-0.15, -0.1) is 11.3 Å². The number of hydrogen-bond donors (Lipinski definition) is 3. The van der Waals surface area contributed by atoms with Crippen LogP contribution in [0.2, 0.25) is 0 Å². The van der Waals surface area contributed by atoms with Crippen molar-refractivity contribution in [2.75, 3.05) is 12.4 Å². The molecule has 0 saturated heterocycles. The maximum atomic E-state index is 14.3. The third kappa shape index (κ3) is 8.22. The molecule has 1 atom stereocenters. The van der Waals surface area contributed by atoms with Gasteiger partial charge in [0.15, 0.2) is 0 Å². The Bertz CT molecular complexity index is 1790. The van der Waals surface area contributed by atoms with E-state index in [9.17, 15) is 32.3 Å². The van der Waals surface area contributed by atoms with E-state index in [0.29, 0.717) is 9.71 Å². The molecule has 4 rings (SSSR count). The van der Waals surface area contributed by atoms with Crippen LogP contribution in [-0.2, 0) is 27.5 Å². The van der Waals surface area contributed by atoms with Crippen molar-refractivity contribution in [1.82, 2.24) is 14.9 Å². The molecule has 0 bridgehead atoms. The second-order valence-electron chi connectivity index (χ2n) is 9.30. The molecule has 4 N–H and O–H groups in total. The highest BCUT2D eigenvalue weighted by atomic mass is 32.1. The number of alkyl carbamates (subject to hydrolysis) is 1. The molecule has 0 aliphatic heterocycles. The summed E-state index contributed by atoms with van der Waals surface area (Å²) in [5.74, 6) is -3.47. The van der Waals surface area contributed by atoms with Crippen molar-refractivity contribution in [2.45, 2.75) is 32.0 Å². The SMILES string of the molecule is COC(=O)NC(CC/C=C/C(N)=O)C(=O)Nc1cccn(Cc2nc3cc(F)cc(OCc4ccc(F)cc4F)c3s2)c1=O. The van der Waals surface area contributed by atoms with Crippen molar-refractivity contribution < 1.29 is 37.0 Å². The number of thiazole rings is 1. The molecule has 1 unspecified atom stereocenters. The average Bonchev–Trinajstić information content (AvgIpc) is 3.38. The predicted octanol–water partition coefficient (Wildman–Crippen LogP) is 3.99. The van der Waals surface area contributed by atoms with Crippen molar-refractivity contribution in [3.63, 3.8) is 0 Å². The minimum absolute atomic E-state index is 0.0444. The number of primary amides is 1. The summed E-state index contributed by atoms with van der Waals surface area (Å²) in [5.41, 5.74) is 4.71. The van der Waals surface area contributed by atoms with Crippen molar-refractivity contribution in [1.29, 1.82) is 0 Å². The van der Waals surface area contributed by atoms with Gasteiger partial charge in [-0.05, 0) is 43.2 Å². The number of methoxy groups -OCH3 is 1. The summed E-state index contributed by atoms with van der Waals surface area (Å²) < 4.78 is 53.5. The first-order valence-corrected chi connectivity index (χ1v) is 13.8. The van der Waals surface area contributed by atoms with Crippen LogP contribution in [-0.4, -0.2) is 40.6 Å². The third-order valence-electron chi connectivity index (χ3n) is 6.15. The molecule has 3 amide bonds. The van der Waals surface area contributed by atoms with Crippen LogP contribution in [0.5, 0.6) is 5.75 Å². The van der Waals surface area contributed by atoms with Gasteiger partial charge in [-0.3, -0.25) is 14.4 Å². The second-order valence-corrected chi connectivity index (χ2v) is 10.4. The number of ether oxygens (including phenoxy) is 2.